The molecule has 10 heteroatoms. The van der Waals surface area contributed by atoms with Crippen LogP contribution < -0.4 is 16.0 Å². The zero-order valence-electron chi connectivity index (χ0n) is 19.5. The van der Waals surface area contributed by atoms with Gasteiger partial charge < -0.3 is 16.0 Å². The number of amides is 2. The summed E-state index contributed by atoms with van der Waals surface area (Å²) < 4.78 is 0. The van der Waals surface area contributed by atoms with E-state index in [0.717, 1.165) is 11.1 Å². The fourth-order valence-electron chi connectivity index (χ4n) is 4.27. The highest BCUT2D eigenvalue weighted by Crippen LogP contribution is 2.36. The Morgan fingerprint density at radius 1 is 1.11 bits per heavy atom. The van der Waals surface area contributed by atoms with Crippen LogP contribution >= 0.6 is 11.6 Å². The first kappa shape index (κ1) is 23.9. The molecule has 3 heterocycles. The van der Waals surface area contributed by atoms with Crippen molar-refractivity contribution >= 4 is 40.7 Å². The van der Waals surface area contributed by atoms with Crippen LogP contribution in [0.2, 0.25) is 5.15 Å². The Labute approximate surface area is 217 Å². The van der Waals surface area contributed by atoms with Crippen LogP contribution in [-0.4, -0.2) is 33.3 Å². The molecule has 182 valence electrons. The van der Waals surface area contributed by atoms with Crippen molar-refractivity contribution in [1.29, 1.82) is 5.26 Å². The molecule has 9 nitrogen and oxygen atoms in total. The predicted molar refractivity (Wildman–Crippen MR) is 139 cm³/mol. The number of hydrogen-bond acceptors (Lipinski definition) is 7. The van der Waals surface area contributed by atoms with Crippen LogP contribution in [0.4, 0.5) is 17.3 Å². The Bertz CT molecular complexity index is 1560. The van der Waals surface area contributed by atoms with Crippen LogP contribution in [0.5, 0.6) is 0 Å². The van der Waals surface area contributed by atoms with Gasteiger partial charge in [0.2, 0.25) is 17.8 Å². The zero-order valence-corrected chi connectivity index (χ0v) is 20.2. The van der Waals surface area contributed by atoms with Crippen LogP contribution in [0.3, 0.4) is 0 Å². The quantitative estimate of drug-likeness (QED) is 0.374. The van der Waals surface area contributed by atoms with Crippen molar-refractivity contribution in [3.8, 4) is 17.3 Å². The summed E-state index contributed by atoms with van der Waals surface area (Å²) in [6, 6.07) is 17.8. The Kier molecular flexibility index (Phi) is 6.49. The molecule has 0 aliphatic carbocycles. The number of carbonyl (C=O) groups excluding carboxylic acids is 2. The Morgan fingerprint density at radius 3 is 2.65 bits per heavy atom. The molecule has 0 atom stereocenters. The van der Waals surface area contributed by atoms with E-state index in [4.69, 9.17) is 17.3 Å². The molecule has 0 fully saturated rings. The van der Waals surface area contributed by atoms with Gasteiger partial charge in [0.05, 0.1) is 23.4 Å². The number of aromatic nitrogens is 3. The van der Waals surface area contributed by atoms with E-state index < -0.39 is 5.91 Å². The second kappa shape index (κ2) is 10.0. The number of fused-ring (bicyclic) bond motifs is 1. The van der Waals surface area contributed by atoms with Crippen LogP contribution in [0, 0.1) is 11.3 Å². The number of hydrogen-bond donors (Lipinski definition) is 2. The maximum atomic E-state index is 13.1. The van der Waals surface area contributed by atoms with Crippen LogP contribution in [0.15, 0.2) is 67.0 Å². The minimum atomic E-state index is -0.504. The summed E-state index contributed by atoms with van der Waals surface area (Å²) in [6.07, 6.45) is 3.91. The van der Waals surface area contributed by atoms with E-state index in [1.54, 1.807) is 65.8 Å². The van der Waals surface area contributed by atoms with E-state index in [0.29, 0.717) is 57.8 Å². The van der Waals surface area contributed by atoms with Gasteiger partial charge in [-0.3, -0.25) is 9.59 Å². The molecule has 1 aliphatic rings. The molecule has 0 radical (unpaired) electrons. The summed E-state index contributed by atoms with van der Waals surface area (Å²) in [6.45, 7) is 0.474. The maximum Gasteiger partial charge on any atom is 0.248 e. The van der Waals surface area contributed by atoms with Gasteiger partial charge in [-0.2, -0.15) is 5.26 Å². The summed E-state index contributed by atoms with van der Waals surface area (Å²) in [7, 11) is 0. The molecule has 4 aromatic rings. The van der Waals surface area contributed by atoms with Gasteiger partial charge in [0.25, 0.3) is 0 Å². The average Bonchev–Trinajstić information content (AvgIpc) is 3.34. The molecule has 0 spiro atoms. The Balaban J connectivity index is 1.40. The molecule has 5 rings (SSSR count). The molecule has 0 bridgehead atoms. The number of carbonyl (C=O) groups is 2. The van der Waals surface area contributed by atoms with E-state index >= 15 is 0 Å². The zero-order chi connectivity index (χ0) is 25.9. The third-order valence-electron chi connectivity index (χ3n) is 6.04. The summed E-state index contributed by atoms with van der Waals surface area (Å²) >= 11 is 6.14. The standard InChI is InChI=1S/C27H20ClN7O2/c28-25-18(2-1-9-31-25)14-23(36)35-11-8-17-12-19(13-20(15-29)24(17)35)22-7-10-32-27(34-22)33-21-5-3-16(4-6-21)26(30)37/h1-7,9-10,12-13H,8,11,14H2,(H2,30,37)(H,32,33,34). The highest BCUT2D eigenvalue weighted by atomic mass is 35.5. The molecular formula is C27H20ClN7O2. The summed E-state index contributed by atoms with van der Waals surface area (Å²) in [4.78, 5) is 38.9. The first-order valence-corrected chi connectivity index (χ1v) is 11.8. The minimum Gasteiger partial charge on any atom is -0.366 e. The molecule has 2 amide bonds. The molecule has 0 saturated heterocycles. The van der Waals surface area contributed by atoms with E-state index in [9.17, 15) is 14.9 Å². The van der Waals surface area contributed by atoms with Gasteiger partial charge in [-0.25, -0.2) is 15.0 Å². The third-order valence-corrected chi connectivity index (χ3v) is 6.38. The molecular weight excluding hydrogens is 490 g/mol. The Hall–Kier alpha value is -4.81. The summed E-state index contributed by atoms with van der Waals surface area (Å²) in [5.41, 5.74) is 10.3. The number of anilines is 3. The van der Waals surface area contributed by atoms with Gasteiger partial charge in [-0.15, -0.1) is 0 Å². The van der Waals surface area contributed by atoms with E-state index in [2.05, 4.69) is 26.3 Å². The lowest BCUT2D eigenvalue weighted by atomic mass is 10.0. The summed E-state index contributed by atoms with van der Waals surface area (Å²) in [5, 5.41) is 13.3. The van der Waals surface area contributed by atoms with Crippen molar-refractivity contribution in [3.63, 3.8) is 0 Å². The maximum absolute atomic E-state index is 13.1. The number of pyridine rings is 1. The number of rotatable bonds is 6. The number of benzene rings is 2. The van der Waals surface area contributed by atoms with Crippen molar-refractivity contribution in [3.05, 3.63) is 94.4 Å². The normalized spacial score (nSPS) is 12.1. The lowest BCUT2D eigenvalue weighted by molar-refractivity contribution is -0.117. The monoisotopic (exact) mass is 509 g/mol. The minimum absolute atomic E-state index is 0.0973. The van der Waals surface area contributed by atoms with Crippen LogP contribution in [0.25, 0.3) is 11.3 Å². The fourth-order valence-corrected chi connectivity index (χ4v) is 4.45. The van der Waals surface area contributed by atoms with Gasteiger partial charge in [0.1, 0.15) is 11.2 Å². The first-order valence-electron chi connectivity index (χ1n) is 11.4. The van der Waals surface area contributed by atoms with Gasteiger partial charge in [0, 0.05) is 35.8 Å². The predicted octanol–water partition coefficient (Wildman–Crippen LogP) is 4.04. The number of halogens is 1. The SMILES string of the molecule is N#Cc1cc(-c2ccnc(Nc3ccc(C(N)=O)cc3)n2)cc2c1N(C(=O)Cc1cccnc1Cl)CC2. The lowest BCUT2D eigenvalue weighted by Gasteiger charge is -2.19. The molecule has 2 aromatic carbocycles. The number of nitrogens with two attached hydrogens (primary N) is 1. The van der Waals surface area contributed by atoms with Gasteiger partial charge >= 0.3 is 0 Å². The number of nitrogens with zero attached hydrogens (tertiary/aromatic N) is 5. The Morgan fingerprint density at radius 2 is 1.92 bits per heavy atom. The van der Waals surface area contributed by atoms with E-state index in [1.165, 1.54) is 0 Å². The van der Waals surface area contributed by atoms with Gasteiger partial charge in [-0.1, -0.05) is 17.7 Å². The molecule has 0 unspecified atom stereocenters. The number of nitriles is 1. The average molecular weight is 510 g/mol. The second-order valence-corrected chi connectivity index (χ2v) is 8.76. The third kappa shape index (κ3) is 4.96. The van der Waals surface area contributed by atoms with Crippen LogP contribution in [0.1, 0.15) is 27.0 Å². The van der Waals surface area contributed by atoms with E-state index in [1.807, 2.05) is 6.07 Å². The molecule has 3 N–H and O–H groups in total. The van der Waals surface area contributed by atoms with Gasteiger partial charge in [-0.05, 0) is 66.1 Å². The highest BCUT2D eigenvalue weighted by molar-refractivity contribution is 6.30. The molecule has 2 aromatic heterocycles. The number of nitrogens with one attached hydrogen (secondary N) is 1. The summed E-state index contributed by atoms with van der Waals surface area (Å²) in [5.74, 6) is -0.293. The number of primary amides is 1. The van der Waals surface area contributed by atoms with Crippen molar-refractivity contribution in [1.82, 2.24) is 15.0 Å². The molecule has 0 saturated carbocycles. The topological polar surface area (TPSA) is 138 Å². The van der Waals surface area contributed by atoms with Crippen molar-refractivity contribution in [2.45, 2.75) is 12.8 Å². The molecule has 37 heavy (non-hydrogen) atoms. The van der Waals surface area contributed by atoms with Crippen molar-refractivity contribution in [2.24, 2.45) is 5.73 Å². The van der Waals surface area contributed by atoms with Gasteiger partial charge in [0.15, 0.2) is 0 Å². The molecule has 1 aliphatic heterocycles. The highest BCUT2D eigenvalue weighted by Gasteiger charge is 2.29. The second-order valence-electron chi connectivity index (χ2n) is 8.40. The van der Waals surface area contributed by atoms with Crippen LogP contribution in [-0.2, 0) is 17.6 Å². The van der Waals surface area contributed by atoms with Crippen molar-refractivity contribution < 1.29 is 9.59 Å². The smallest absolute Gasteiger partial charge is 0.248 e. The first-order chi connectivity index (χ1) is 17.9. The van der Waals surface area contributed by atoms with Crippen molar-refractivity contribution in [2.75, 3.05) is 16.8 Å². The largest absolute Gasteiger partial charge is 0.366 e. The lowest BCUT2D eigenvalue weighted by Crippen LogP contribution is -2.31. The van der Waals surface area contributed by atoms with E-state index in [-0.39, 0.29) is 12.3 Å². The fraction of sp³-hybridized carbons (Fsp3) is 0.111.